The van der Waals surface area contributed by atoms with E-state index in [-0.39, 0.29) is 0 Å². The first kappa shape index (κ1) is 12.7. The number of phenolic OH excluding ortho intramolecular Hbond substituents is 1. The number of phenols is 1. The van der Waals surface area contributed by atoms with Gasteiger partial charge in [0.1, 0.15) is 5.75 Å². The zero-order chi connectivity index (χ0) is 13.0. The van der Waals surface area contributed by atoms with Crippen molar-refractivity contribution in [1.29, 1.82) is 0 Å². The van der Waals surface area contributed by atoms with Gasteiger partial charge in [0.05, 0.1) is 0 Å². The van der Waals surface area contributed by atoms with Crippen LogP contribution in [0.5, 0.6) is 5.75 Å². The lowest BCUT2D eigenvalue weighted by atomic mass is 10.1. The van der Waals surface area contributed by atoms with Crippen LogP contribution in [-0.2, 0) is 13.1 Å². The summed E-state index contributed by atoms with van der Waals surface area (Å²) in [6.45, 7) is 3.74. The average Bonchev–Trinajstić information content (AvgIpc) is 2.35. The zero-order valence-corrected chi connectivity index (χ0v) is 10.9. The highest BCUT2D eigenvalue weighted by Crippen LogP contribution is 2.18. The first-order chi connectivity index (χ1) is 8.65. The minimum Gasteiger partial charge on any atom is -0.508 e. The van der Waals surface area contributed by atoms with Crippen molar-refractivity contribution in [1.82, 2.24) is 4.90 Å². The zero-order valence-electron chi connectivity index (χ0n) is 10.9. The fourth-order valence-electron chi connectivity index (χ4n) is 2.08. The van der Waals surface area contributed by atoms with Crippen LogP contribution in [0.1, 0.15) is 16.7 Å². The summed E-state index contributed by atoms with van der Waals surface area (Å²) in [4.78, 5) is 2.27. The van der Waals surface area contributed by atoms with E-state index in [1.807, 2.05) is 25.1 Å². The summed E-state index contributed by atoms with van der Waals surface area (Å²) in [6, 6.07) is 16.2. The van der Waals surface area contributed by atoms with Crippen LogP contribution >= 0.6 is 0 Å². The lowest BCUT2D eigenvalue weighted by molar-refractivity contribution is 0.319. The van der Waals surface area contributed by atoms with Crippen molar-refractivity contribution >= 4 is 0 Å². The van der Waals surface area contributed by atoms with Gasteiger partial charge >= 0.3 is 0 Å². The fraction of sp³-hybridized carbons (Fsp3) is 0.250. The number of aromatic hydroxyl groups is 1. The molecule has 0 bridgehead atoms. The van der Waals surface area contributed by atoms with E-state index in [9.17, 15) is 5.11 Å². The molecule has 0 atom stereocenters. The molecule has 0 saturated carbocycles. The van der Waals surface area contributed by atoms with Gasteiger partial charge < -0.3 is 5.11 Å². The maximum absolute atomic E-state index is 9.50. The SMILES string of the molecule is Cc1cc(CN(C)Cc2ccccc2)ccc1O. The first-order valence-electron chi connectivity index (χ1n) is 6.16. The van der Waals surface area contributed by atoms with Crippen molar-refractivity contribution in [3.63, 3.8) is 0 Å². The summed E-state index contributed by atoms with van der Waals surface area (Å²) in [5.41, 5.74) is 3.47. The predicted octanol–water partition coefficient (Wildman–Crippen LogP) is 3.33. The molecule has 0 fully saturated rings. The molecule has 0 aliphatic heterocycles. The van der Waals surface area contributed by atoms with Gasteiger partial charge in [-0.15, -0.1) is 0 Å². The summed E-state index contributed by atoms with van der Waals surface area (Å²) >= 11 is 0. The standard InChI is InChI=1S/C16H19NO/c1-13-10-15(8-9-16(13)18)12-17(2)11-14-6-4-3-5-7-14/h3-10,18H,11-12H2,1-2H3. The maximum Gasteiger partial charge on any atom is 0.118 e. The molecule has 0 spiro atoms. The van der Waals surface area contributed by atoms with Crippen LogP contribution in [0.15, 0.2) is 48.5 Å². The number of aryl methyl sites for hydroxylation is 1. The van der Waals surface area contributed by atoms with Crippen LogP contribution in [0.4, 0.5) is 0 Å². The summed E-state index contributed by atoms with van der Waals surface area (Å²) in [5.74, 6) is 0.365. The minimum atomic E-state index is 0.365. The molecule has 0 unspecified atom stereocenters. The lowest BCUT2D eigenvalue weighted by Gasteiger charge is -2.17. The molecule has 0 aliphatic carbocycles. The van der Waals surface area contributed by atoms with Crippen molar-refractivity contribution in [3.8, 4) is 5.75 Å². The molecule has 2 heteroatoms. The van der Waals surface area contributed by atoms with Gasteiger partial charge in [-0.25, -0.2) is 0 Å². The first-order valence-corrected chi connectivity index (χ1v) is 6.16. The predicted molar refractivity (Wildman–Crippen MR) is 74.5 cm³/mol. The Morgan fingerprint density at radius 3 is 2.28 bits per heavy atom. The topological polar surface area (TPSA) is 23.5 Å². The Morgan fingerprint density at radius 1 is 0.944 bits per heavy atom. The smallest absolute Gasteiger partial charge is 0.118 e. The van der Waals surface area contributed by atoms with E-state index < -0.39 is 0 Å². The van der Waals surface area contributed by atoms with E-state index in [1.54, 1.807) is 6.07 Å². The van der Waals surface area contributed by atoms with E-state index in [0.29, 0.717) is 5.75 Å². The second kappa shape index (κ2) is 5.69. The monoisotopic (exact) mass is 241 g/mol. The van der Waals surface area contributed by atoms with Gasteiger partial charge in [-0.05, 0) is 36.7 Å². The largest absolute Gasteiger partial charge is 0.508 e. The Balaban J connectivity index is 1.99. The van der Waals surface area contributed by atoms with Crippen LogP contribution in [0.3, 0.4) is 0 Å². The van der Waals surface area contributed by atoms with E-state index in [0.717, 1.165) is 18.7 Å². The third-order valence-corrected chi connectivity index (χ3v) is 3.01. The number of nitrogens with zero attached hydrogens (tertiary/aromatic N) is 1. The van der Waals surface area contributed by atoms with Gasteiger partial charge in [0, 0.05) is 13.1 Å². The van der Waals surface area contributed by atoms with Gasteiger partial charge in [0.2, 0.25) is 0 Å². The highest BCUT2D eigenvalue weighted by atomic mass is 16.3. The Bertz CT molecular complexity index is 508. The molecule has 2 nitrogen and oxygen atoms in total. The third kappa shape index (κ3) is 3.34. The Kier molecular flexibility index (Phi) is 4.00. The summed E-state index contributed by atoms with van der Waals surface area (Å²) in [5, 5.41) is 9.50. The number of rotatable bonds is 4. The maximum atomic E-state index is 9.50. The molecule has 18 heavy (non-hydrogen) atoms. The quantitative estimate of drug-likeness (QED) is 0.887. The normalized spacial score (nSPS) is 10.8. The average molecular weight is 241 g/mol. The highest BCUT2D eigenvalue weighted by Gasteiger charge is 2.03. The molecular formula is C16H19NO. The molecule has 0 aromatic heterocycles. The molecule has 0 saturated heterocycles. The summed E-state index contributed by atoms with van der Waals surface area (Å²) in [6.07, 6.45) is 0. The van der Waals surface area contributed by atoms with Gasteiger partial charge in [-0.3, -0.25) is 4.90 Å². The van der Waals surface area contributed by atoms with E-state index in [1.165, 1.54) is 11.1 Å². The summed E-state index contributed by atoms with van der Waals surface area (Å²) < 4.78 is 0. The number of benzene rings is 2. The highest BCUT2D eigenvalue weighted by molar-refractivity contribution is 5.34. The Hall–Kier alpha value is -1.80. The van der Waals surface area contributed by atoms with Crippen molar-refractivity contribution in [2.75, 3.05) is 7.05 Å². The van der Waals surface area contributed by atoms with E-state index in [4.69, 9.17) is 0 Å². The van der Waals surface area contributed by atoms with Crippen molar-refractivity contribution in [2.45, 2.75) is 20.0 Å². The van der Waals surface area contributed by atoms with E-state index >= 15 is 0 Å². The second-order valence-corrected chi connectivity index (χ2v) is 4.78. The van der Waals surface area contributed by atoms with Crippen LogP contribution in [0.25, 0.3) is 0 Å². The van der Waals surface area contributed by atoms with Crippen molar-refractivity contribution < 1.29 is 5.11 Å². The Labute approximate surface area is 109 Å². The van der Waals surface area contributed by atoms with Crippen molar-refractivity contribution in [3.05, 3.63) is 65.2 Å². The molecule has 2 aromatic rings. The lowest BCUT2D eigenvalue weighted by Crippen LogP contribution is -2.17. The fourth-order valence-corrected chi connectivity index (χ4v) is 2.08. The molecule has 94 valence electrons. The Morgan fingerprint density at radius 2 is 1.61 bits per heavy atom. The molecular weight excluding hydrogens is 222 g/mol. The molecule has 1 N–H and O–H groups in total. The molecule has 2 aromatic carbocycles. The van der Waals surface area contributed by atoms with Crippen molar-refractivity contribution in [2.24, 2.45) is 0 Å². The minimum absolute atomic E-state index is 0.365. The number of hydrogen-bond donors (Lipinski definition) is 1. The molecule has 0 radical (unpaired) electrons. The van der Waals surface area contributed by atoms with E-state index in [2.05, 4.69) is 36.2 Å². The van der Waals surface area contributed by atoms with Crippen LogP contribution in [-0.4, -0.2) is 17.1 Å². The third-order valence-electron chi connectivity index (χ3n) is 3.01. The van der Waals surface area contributed by atoms with Gasteiger partial charge in [-0.2, -0.15) is 0 Å². The van der Waals surface area contributed by atoms with Gasteiger partial charge in [0.15, 0.2) is 0 Å². The van der Waals surface area contributed by atoms with Crippen LogP contribution in [0.2, 0.25) is 0 Å². The molecule has 2 rings (SSSR count). The molecule has 0 heterocycles. The number of hydrogen-bond acceptors (Lipinski definition) is 2. The van der Waals surface area contributed by atoms with Crippen LogP contribution < -0.4 is 0 Å². The van der Waals surface area contributed by atoms with Gasteiger partial charge in [0.25, 0.3) is 0 Å². The van der Waals surface area contributed by atoms with Gasteiger partial charge in [-0.1, -0.05) is 42.5 Å². The molecule has 0 amide bonds. The molecule has 0 aliphatic rings. The second-order valence-electron chi connectivity index (χ2n) is 4.78. The van der Waals surface area contributed by atoms with Crippen LogP contribution in [0, 0.1) is 6.92 Å². The summed E-state index contributed by atoms with van der Waals surface area (Å²) in [7, 11) is 2.11.